The van der Waals surface area contributed by atoms with Crippen molar-refractivity contribution in [2.24, 2.45) is 0 Å². The van der Waals surface area contributed by atoms with Crippen LogP contribution in [0.5, 0.6) is 0 Å². The Bertz CT molecular complexity index is 432. The summed E-state index contributed by atoms with van der Waals surface area (Å²) in [6, 6.07) is 5.61. The van der Waals surface area contributed by atoms with Crippen molar-refractivity contribution in [1.29, 1.82) is 5.26 Å². The average Bonchev–Trinajstić information content (AvgIpc) is 2.15. The molecule has 0 aliphatic heterocycles. The summed E-state index contributed by atoms with van der Waals surface area (Å²) in [5, 5.41) is 16.7. The van der Waals surface area contributed by atoms with Gasteiger partial charge >= 0.3 is 5.97 Å². The number of carboxylic acids is 1. The molecule has 4 heteroatoms. The molecule has 1 rings (SSSR count). The van der Waals surface area contributed by atoms with Gasteiger partial charge in [0.05, 0.1) is 11.6 Å². The highest BCUT2D eigenvalue weighted by atomic mass is 19.1. The van der Waals surface area contributed by atoms with Crippen LogP contribution in [-0.2, 0) is 4.79 Å². The number of rotatable bonds is 2. The lowest BCUT2D eigenvalue weighted by molar-refractivity contribution is -0.131. The second-order valence-electron chi connectivity index (χ2n) is 2.52. The molecule has 0 spiro atoms. The van der Waals surface area contributed by atoms with Crippen LogP contribution in [-0.4, -0.2) is 11.1 Å². The summed E-state index contributed by atoms with van der Waals surface area (Å²) in [4.78, 5) is 10.1. The van der Waals surface area contributed by atoms with E-state index in [-0.39, 0.29) is 11.1 Å². The summed E-state index contributed by atoms with van der Waals surface area (Å²) in [5.41, 5.74) is 0.348. The Balaban J connectivity index is 3.02. The third kappa shape index (κ3) is 2.42. The number of nitrogens with zero attached hydrogens (tertiary/aromatic N) is 1. The monoisotopic (exact) mass is 191 g/mol. The van der Waals surface area contributed by atoms with Crippen molar-refractivity contribution in [3.63, 3.8) is 0 Å². The number of halogens is 1. The lowest BCUT2D eigenvalue weighted by Gasteiger charge is -1.95. The van der Waals surface area contributed by atoms with E-state index >= 15 is 0 Å². The molecule has 0 aliphatic rings. The molecule has 1 N–H and O–H groups in total. The molecular formula is C10H6FNO2. The number of aliphatic carboxylic acids is 1. The molecule has 0 aliphatic carbocycles. The Morgan fingerprint density at radius 2 is 2.29 bits per heavy atom. The number of nitriles is 1. The lowest BCUT2D eigenvalue weighted by Crippen LogP contribution is -1.88. The summed E-state index contributed by atoms with van der Waals surface area (Å²) in [6.07, 6.45) is 1.98. The number of hydrogen-bond acceptors (Lipinski definition) is 2. The summed E-state index contributed by atoms with van der Waals surface area (Å²) < 4.78 is 13.1. The van der Waals surface area contributed by atoms with E-state index < -0.39 is 11.8 Å². The van der Waals surface area contributed by atoms with Gasteiger partial charge in [0.15, 0.2) is 0 Å². The van der Waals surface area contributed by atoms with Gasteiger partial charge in [-0.2, -0.15) is 5.26 Å². The first-order valence-electron chi connectivity index (χ1n) is 3.74. The van der Waals surface area contributed by atoms with E-state index in [1.165, 1.54) is 12.1 Å². The fourth-order valence-electron chi connectivity index (χ4n) is 0.893. The second kappa shape index (κ2) is 4.19. The predicted octanol–water partition coefficient (Wildman–Crippen LogP) is 1.80. The van der Waals surface area contributed by atoms with E-state index in [0.29, 0.717) is 0 Å². The zero-order valence-electron chi connectivity index (χ0n) is 7.07. The highest BCUT2D eigenvalue weighted by Gasteiger charge is 2.00. The van der Waals surface area contributed by atoms with Crippen LogP contribution in [0.15, 0.2) is 24.3 Å². The van der Waals surface area contributed by atoms with Gasteiger partial charge in [0.1, 0.15) is 5.82 Å². The Hall–Kier alpha value is -2.15. The highest BCUT2D eigenvalue weighted by molar-refractivity contribution is 5.85. The molecule has 0 atom stereocenters. The number of carboxylic acid groups (broad SMARTS) is 1. The Morgan fingerprint density at radius 3 is 2.79 bits per heavy atom. The molecule has 0 radical (unpaired) electrons. The molecule has 70 valence electrons. The Kier molecular flexibility index (Phi) is 2.97. The summed E-state index contributed by atoms with van der Waals surface area (Å²) in [6.45, 7) is 0. The van der Waals surface area contributed by atoms with Crippen molar-refractivity contribution in [3.8, 4) is 6.07 Å². The maximum Gasteiger partial charge on any atom is 0.328 e. The molecule has 1 aromatic rings. The maximum absolute atomic E-state index is 13.1. The third-order valence-electron chi connectivity index (χ3n) is 1.54. The molecule has 0 aromatic heterocycles. The van der Waals surface area contributed by atoms with Crippen LogP contribution in [0.4, 0.5) is 4.39 Å². The third-order valence-corrected chi connectivity index (χ3v) is 1.54. The van der Waals surface area contributed by atoms with Crippen molar-refractivity contribution >= 4 is 12.0 Å². The van der Waals surface area contributed by atoms with Crippen LogP contribution >= 0.6 is 0 Å². The second-order valence-corrected chi connectivity index (χ2v) is 2.52. The van der Waals surface area contributed by atoms with E-state index in [0.717, 1.165) is 18.2 Å². The molecule has 0 saturated heterocycles. The van der Waals surface area contributed by atoms with Gasteiger partial charge in [-0.3, -0.25) is 0 Å². The minimum atomic E-state index is -1.14. The fourth-order valence-corrected chi connectivity index (χ4v) is 0.893. The van der Waals surface area contributed by atoms with Gasteiger partial charge in [-0.25, -0.2) is 9.18 Å². The average molecular weight is 191 g/mol. The first kappa shape index (κ1) is 9.93. The van der Waals surface area contributed by atoms with Crippen LogP contribution in [0.2, 0.25) is 0 Å². The van der Waals surface area contributed by atoms with E-state index in [1.807, 2.05) is 0 Å². The molecule has 3 nitrogen and oxygen atoms in total. The van der Waals surface area contributed by atoms with Gasteiger partial charge in [-0.05, 0) is 18.2 Å². The number of hydrogen-bond donors (Lipinski definition) is 1. The summed E-state index contributed by atoms with van der Waals surface area (Å²) in [7, 11) is 0. The van der Waals surface area contributed by atoms with Gasteiger partial charge in [0.25, 0.3) is 0 Å². The van der Waals surface area contributed by atoms with Crippen LogP contribution in [0, 0.1) is 17.1 Å². The van der Waals surface area contributed by atoms with Gasteiger partial charge in [-0.15, -0.1) is 0 Å². The van der Waals surface area contributed by atoms with Gasteiger partial charge < -0.3 is 5.11 Å². The number of benzene rings is 1. The van der Waals surface area contributed by atoms with Gasteiger partial charge in [0, 0.05) is 11.6 Å². The van der Waals surface area contributed by atoms with Gasteiger partial charge in [0.2, 0.25) is 0 Å². The summed E-state index contributed by atoms with van der Waals surface area (Å²) in [5.74, 6) is -1.75. The molecule has 0 heterocycles. The van der Waals surface area contributed by atoms with E-state index in [4.69, 9.17) is 10.4 Å². The van der Waals surface area contributed by atoms with Crippen molar-refractivity contribution in [1.82, 2.24) is 0 Å². The Labute approximate surface area is 79.7 Å². The molecule has 0 bridgehead atoms. The first-order valence-corrected chi connectivity index (χ1v) is 3.74. The first-order chi connectivity index (χ1) is 6.63. The molecule has 0 saturated carbocycles. The van der Waals surface area contributed by atoms with Crippen molar-refractivity contribution in [2.75, 3.05) is 0 Å². The van der Waals surface area contributed by atoms with Crippen LogP contribution in [0.3, 0.4) is 0 Å². The molecule has 0 unspecified atom stereocenters. The maximum atomic E-state index is 13.1. The molecule has 0 amide bonds. The zero-order chi connectivity index (χ0) is 10.6. The van der Waals surface area contributed by atoms with Crippen LogP contribution in [0.1, 0.15) is 11.1 Å². The minimum absolute atomic E-state index is 0.145. The standard InChI is InChI=1S/C10H6FNO2/c11-9-5-7(6-12)1-2-8(9)3-4-10(13)14/h1-5H,(H,13,14)/b4-3+. The van der Waals surface area contributed by atoms with E-state index in [1.54, 1.807) is 6.07 Å². The highest BCUT2D eigenvalue weighted by Crippen LogP contribution is 2.11. The molecule has 14 heavy (non-hydrogen) atoms. The van der Waals surface area contributed by atoms with Gasteiger partial charge in [-0.1, -0.05) is 6.07 Å². The largest absolute Gasteiger partial charge is 0.478 e. The normalized spacial score (nSPS) is 10.0. The van der Waals surface area contributed by atoms with Crippen molar-refractivity contribution in [2.45, 2.75) is 0 Å². The fraction of sp³-hybridized carbons (Fsp3) is 0. The lowest BCUT2D eigenvalue weighted by atomic mass is 10.1. The molecule has 1 aromatic carbocycles. The van der Waals surface area contributed by atoms with Crippen molar-refractivity contribution in [3.05, 3.63) is 41.2 Å². The topological polar surface area (TPSA) is 61.1 Å². The van der Waals surface area contributed by atoms with E-state index in [9.17, 15) is 9.18 Å². The number of carbonyl (C=O) groups is 1. The Morgan fingerprint density at radius 1 is 1.57 bits per heavy atom. The molecule has 0 fully saturated rings. The quantitative estimate of drug-likeness (QED) is 0.725. The SMILES string of the molecule is N#Cc1ccc(/C=C/C(=O)O)c(F)c1. The minimum Gasteiger partial charge on any atom is -0.478 e. The predicted molar refractivity (Wildman–Crippen MR) is 47.8 cm³/mol. The van der Waals surface area contributed by atoms with Crippen LogP contribution < -0.4 is 0 Å². The zero-order valence-corrected chi connectivity index (χ0v) is 7.07. The van der Waals surface area contributed by atoms with Crippen molar-refractivity contribution < 1.29 is 14.3 Å². The smallest absolute Gasteiger partial charge is 0.328 e. The molecular weight excluding hydrogens is 185 g/mol. The van der Waals surface area contributed by atoms with E-state index in [2.05, 4.69) is 0 Å². The van der Waals surface area contributed by atoms with Crippen LogP contribution in [0.25, 0.3) is 6.08 Å². The summed E-state index contributed by atoms with van der Waals surface area (Å²) >= 11 is 0.